The van der Waals surface area contributed by atoms with Gasteiger partial charge in [0, 0.05) is 28.7 Å². The summed E-state index contributed by atoms with van der Waals surface area (Å²) in [5.41, 5.74) is 0.339. The van der Waals surface area contributed by atoms with Gasteiger partial charge in [0.1, 0.15) is 4.90 Å². The summed E-state index contributed by atoms with van der Waals surface area (Å²) in [6.45, 7) is 2.76. The summed E-state index contributed by atoms with van der Waals surface area (Å²) in [5.74, 6) is -0.169. The molecule has 1 aliphatic heterocycles. The Hall–Kier alpha value is -1.41. The highest BCUT2D eigenvalue weighted by molar-refractivity contribution is 7.91. The van der Waals surface area contributed by atoms with E-state index in [2.05, 4.69) is 10.2 Å². The molecule has 0 spiro atoms. The summed E-state index contributed by atoms with van der Waals surface area (Å²) in [7, 11) is -3.69. The first-order chi connectivity index (χ1) is 12.0. The van der Waals surface area contributed by atoms with Crippen molar-refractivity contribution in [1.29, 1.82) is 0 Å². The standard InChI is InChI=1S/C17H19ClN2O3S2/c18-13-3-5-14(6-4-13)25(22,23)16-12-24-11-15(16)19-17(21)7-10-20-8-1-2-9-20/h3-6,11-12H,1-2,7-10H2,(H,19,21). The van der Waals surface area contributed by atoms with Crippen LogP contribution in [0.2, 0.25) is 5.02 Å². The van der Waals surface area contributed by atoms with Crippen LogP contribution in [0.15, 0.2) is 44.8 Å². The van der Waals surface area contributed by atoms with Gasteiger partial charge in [-0.1, -0.05) is 11.6 Å². The minimum absolute atomic E-state index is 0.120. The van der Waals surface area contributed by atoms with Crippen LogP contribution in [0, 0.1) is 0 Å². The van der Waals surface area contributed by atoms with Gasteiger partial charge in [-0.3, -0.25) is 4.79 Å². The third-order valence-corrected chi connectivity index (χ3v) is 7.12. The van der Waals surface area contributed by atoms with E-state index in [9.17, 15) is 13.2 Å². The summed E-state index contributed by atoms with van der Waals surface area (Å²) >= 11 is 7.07. The fourth-order valence-electron chi connectivity index (χ4n) is 2.80. The Morgan fingerprint density at radius 1 is 1.16 bits per heavy atom. The lowest BCUT2D eigenvalue weighted by atomic mass is 10.3. The van der Waals surface area contributed by atoms with Crippen LogP contribution in [0.4, 0.5) is 5.69 Å². The van der Waals surface area contributed by atoms with Gasteiger partial charge in [0.05, 0.1) is 10.6 Å². The molecule has 134 valence electrons. The lowest BCUT2D eigenvalue weighted by Crippen LogP contribution is -2.25. The van der Waals surface area contributed by atoms with Crippen LogP contribution in [-0.2, 0) is 14.6 Å². The zero-order chi connectivity index (χ0) is 17.9. The van der Waals surface area contributed by atoms with E-state index in [1.807, 2.05) is 0 Å². The van der Waals surface area contributed by atoms with Crippen LogP contribution in [-0.4, -0.2) is 38.9 Å². The number of nitrogens with zero attached hydrogens (tertiary/aromatic N) is 1. The molecular formula is C17H19ClN2O3S2. The Balaban J connectivity index is 1.71. The van der Waals surface area contributed by atoms with Crippen molar-refractivity contribution in [3.63, 3.8) is 0 Å². The minimum Gasteiger partial charge on any atom is -0.324 e. The third kappa shape index (κ3) is 4.41. The smallest absolute Gasteiger partial charge is 0.225 e. The van der Waals surface area contributed by atoms with E-state index in [4.69, 9.17) is 11.6 Å². The number of nitrogens with one attached hydrogen (secondary N) is 1. The number of benzene rings is 1. The van der Waals surface area contributed by atoms with E-state index in [0.717, 1.165) is 13.1 Å². The van der Waals surface area contributed by atoms with Gasteiger partial charge in [0.2, 0.25) is 15.7 Å². The number of likely N-dealkylation sites (tertiary alicyclic amines) is 1. The molecule has 0 aliphatic carbocycles. The van der Waals surface area contributed by atoms with Crippen LogP contribution in [0.25, 0.3) is 0 Å². The Kier molecular flexibility index (Phi) is 5.78. The van der Waals surface area contributed by atoms with Gasteiger partial charge in [0.15, 0.2) is 0 Å². The molecule has 0 radical (unpaired) electrons. The number of hydrogen-bond acceptors (Lipinski definition) is 5. The van der Waals surface area contributed by atoms with Gasteiger partial charge in [-0.05, 0) is 50.2 Å². The predicted octanol–water partition coefficient (Wildman–Crippen LogP) is 3.66. The van der Waals surface area contributed by atoms with Crippen molar-refractivity contribution >= 4 is 44.4 Å². The van der Waals surface area contributed by atoms with Crippen LogP contribution in [0.3, 0.4) is 0 Å². The molecule has 1 aromatic carbocycles. The number of thiophene rings is 1. The van der Waals surface area contributed by atoms with Crippen molar-refractivity contribution in [2.45, 2.75) is 29.1 Å². The Morgan fingerprint density at radius 2 is 1.84 bits per heavy atom. The highest BCUT2D eigenvalue weighted by atomic mass is 35.5. The molecule has 0 unspecified atom stereocenters. The van der Waals surface area contributed by atoms with Crippen molar-refractivity contribution in [1.82, 2.24) is 4.90 Å². The largest absolute Gasteiger partial charge is 0.324 e. The Bertz CT molecular complexity index is 841. The molecule has 1 amide bonds. The maximum absolute atomic E-state index is 12.8. The molecule has 8 heteroatoms. The van der Waals surface area contributed by atoms with E-state index < -0.39 is 9.84 Å². The molecule has 0 saturated carbocycles. The highest BCUT2D eigenvalue weighted by Gasteiger charge is 2.23. The first kappa shape index (κ1) is 18.4. The fourth-order valence-corrected chi connectivity index (χ4v) is 5.47. The SMILES string of the molecule is O=C(CCN1CCCC1)Nc1cscc1S(=O)(=O)c1ccc(Cl)cc1. The van der Waals surface area contributed by atoms with Crippen molar-refractivity contribution in [3.8, 4) is 0 Å². The lowest BCUT2D eigenvalue weighted by Gasteiger charge is -2.14. The normalized spacial score (nSPS) is 15.4. The zero-order valence-electron chi connectivity index (χ0n) is 13.6. The van der Waals surface area contributed by atoms with Gasteiger partial charge < -0.3 is 10.2 Å². The molecule has 2 heterocycles. The zero-order valence-corrected chi connectivity index (χ0v) is 16.0. The third-order valence-electron chi connectivity index (χ3n) is 4.17. The molecule has 0 bridgehead atoms. The van der Waals surface area contributed by atoms with Crippen molar-refractivity contribution in [2.24, 2.45) is 0 Å². The number of halogens is 1. The first-order valence-corrected chi connectivity index (χ1v) is 10.9. The van der Waals surface area contributed by atoms with Crippen LogP contribution in [0.1, 0.15) is 19.3 Å². The van der Waals surface area contributed by atoms with E-state index >= 15 is 0 Å². The lowest BCUT2D eigenvalue weighted by molar-refractivity contribution is -0.116. The molecule has 1 fully saturated rings. The molecule has 3 rings (SSSR count). The molecule has 25 heavy (non-hydrogen) atoms. The Labute approximate surface area is 156 Å². The number of hydrogen-bond donors (Lipinski definition) is 1. The maximum atomic E-state index is 12.8. The molecule has 1 aliphatic rings. The second-order valence-electron chi connectivity index (χ2n) is 5.95. The van der Waals surface area contributed by atoms with Crippen molar-refractivity contribution in [2.75, 3.05) is 25.0 Å². The summed E-state index contributed by atoms with van der Waals surface area (Å²) in [5, 5.41) is 6.40. The summed E-state index contributed by atoms with van der Waals surface area (Å²) in [6, 6.07) is 6.01. The minimum atomic E-state index is -3.69. The van der Waals surface area contributed by atoms with Gasteiger partial charge in [-0.2, -0.15) is 0 Å². The predicted molar refractivity (Wildman–Crippen MR) is 100 cm³/mol. The van der Waals surface area contributed by atoms with Gasteiger partial charge in [-0.15, -0.1) is 11.3 Å². The van der Waals surface area contributed by atoms with Gasteiger partial charge in [0.25, 0.3) is 0 Å². The summed E-state index contributed by atoms with van der Waals surface area (Å²) < 4.78 is 25.6. The van der Waals surface area contributed by atoms with Gasteiger partial charge in [-0.25, -0.2) is 8.42 Å². The van der Waals surface area contributed by atoms with E-state index in [-0.39, 0.29) is 15.7 Å². The number of anilines is 1. The molecular weight excluding hydrogens is 380 g/mol. The average molecular weight is 399 g/mol. The molecule has 1 aromatic heterocycles. The topological polar surface area (TPSA) is 66.5 Å². The average Bonchev–Trinajstić information content (AvgIpc) is 3.25. The van der Waals surface area contributed by atoms with Crippen molar-refractivity contribution in [3.05, 3.63) is 40.0 Å². The second kappa shape index (κ2) is 7.86. The Morgan fingerprint density at radius 3 is 2.52 bits per heavy atom. The quantitative estimate of drug-likeness (QED) is 0.806. The van der Waals surface area contributed by atoms with Crippen molar-refractivity contribution < 1.29 is 13.2 Å². The van der Waals surface area contributed by atoms with Crippen LogP contribution in [0.5, 0.6) is 0 Å². The molecule has 1 saturated heterocycles. The summed E-state index contributed by atoms with van der Waals surface area (Å²) in [4.78, 5) is 14.7. The summed E-state index contributed by atoms with van der Waals surface area (Å²) in [6.07, 6.45) is 2.71. The number of sulfone groups is 1. The van der Waals surface area contributed by atoms with Crippen LogP contribution >= 0.6 is 22.9 Å². The van der Waals surface area contributed by atoms with E-state index in [1.165, 1.54) is 48.4 Å². The van der Waals surface area contributed by atoms with E-state index in [0.29, 0.717) is 23.7 Å². The van der Waals surface area contributed by atoms with Crippen LogP contribution < -0.4 is 5.32 Å². The molecule has 2 aromatic rings. The number of rotatable bonds is 6. The first-order valence-electron chi connectivity index (χ1n) is 8.06. The number of carbonyl (C=O) groups excluding carboxylic acids is 1. The number of carbonyl (C=O) groups is 1. The van der Waals surface area contributed by atoms with Gasteiger partial charge >= 0.3 is 0 Å². The molecule has 5 nitrogen and oxygen atoms in total. The maximum Gasteiger partial charge on any atom is 0.225 e. The highest BCUT2D eigenvalue weighted by Crippen LogP contribution is 2.31. The molecule has 1 N–H and O–H groups in total. The molecule has 0 atom stereocenters. The number of amides is 1. The second-order valence-corrected chi connectivity index (χ2v) is 9.05. The van der Waals surface area contributed by atoms with E-state index in [1.54, 1.807) is 10.8 Å². The monoisotopic (exact) mass is 398 g/mol. The fraction of sp³-hybridized carbons (Fsp3) is 0.353.